The van der Waals surface area contributed by atoms with E-state index in [-0.39, 0.29) is 5.69 Å². The van der Waals surface area contributed by atoms with E-state index in [0.29, 0.717) is 30.3 Å². The summed E-state index contributed by atoms with van der Waals surface area (Å²) in [7, 11) is 1.76. The van der Waals surface area contributed by atoms with Crippen LogP contribution in [0.5, 0.6) is 5.75 Å². The molecule has 1 aromatic heterocycles. The highest BCUT2D eigenvalue weighted by Gasteiger charge is 2.15. The van der Waals surface area contributed by atoms with Gasteiger partial charge in [0.2, 0.25) is 0 Å². The van der Waals surface area contributed by atoms with Crippen LogP contribution in [-0.4, -0.2) is 26.5 Å². The van der Waals surface area contributed by atoms with Gasteiger partial charge in [-0.3, -0.25) is 14.8 Å². The summed E-state index contributed by atoms with van der Waals surface area (Å²) < 4.78 is 6.83. The van der Waals surface area contributed by atoms with E-state index in [1.807, 2.05) is 6.92 Å². The van der Waals surface area contributed by atoms with Gasteiger partial charge in [0, 0.05) is 13.2 Å². The highest BCUT2D eigenvalue weighted by molar-refractivity contribution is 5.63. The first kappa shape index (κ1) is 13.8. The van der Waals surface area contributed by atoms with Gasteiger partial charge in [0.1, 0.15) is 17.1 Å². The third-order valence-corrected chi connectivity index (χ3v) is 2.59. The molecule has 1 aromatic carbocycles. The Bertz CT molecular complexity index is 611. The fourth-order valence-corrected chi connectivity index (χ4v) is 1.73. The molecule has 0 aliphatic heterocycles. The van der Waals surface area contributed by atoms with Crippen LogP contribution in [-0.2, 0) is 13.6 Å². The number of rotatable bonds is 6. The first-order valence-corrected chi connectivity index (χ1v) is 6.10. The molecule has 1 N–H and O–H groups in total. The number of nitro groups is 1. The fraction of sp³-hybridized carbons (Fsp3) is 0.333. The average Bonchev–Trinajstić information content (AvgIpc) is 2.83. The normalized spacial score (nSPS) is 10.3. The Morgan fingerprint density at radius 3 is 2.90 bits per heavy atom. The number of nitro benzene ring substituents is 1. The molecule has 8 heteroatoms. The van der Waals surface area contributed by atoms with Crippen molar-refractivity contribution in [2.45, 2.75) is 13.5 Å². The summed E-state index contributed by atoms with van der Waals surface area (Å²) in [5.74, 6) is 0.476. The maximum Gasteiger partial charge on any atom is 0.296 e. The Kier molecular flexibility index (Phi) is 4.14. The third kappa shape index (κ3) is 3.22. The van der Waals surface area contributed by atoms with Crippen LogP contribution in [0.4, 0.5) is 11.4 Å². The van der Waals surface area contributed by atoms with Gasteiger partial charge >= 0.3 is 0 Å². The number of ether oxygens (including phenoxy) is 1. The van der Waals surface area contributed by atoms with Gasteiger partial charge in [-0.25, -0.2) is 0 Å². The second-order valence-corrected chi connectivity index (χ2v) is 4.11. The molecule has 0 radical (unpaired) electrons. The maximum absolute atomic E-state index is 11.1. The van der Waals surface area contributed by atoms with Gasteiger partial charge in [-0.05, 0) is 19.1 Å². The predicted octanol–water partition coefficient (Wildman–Crippen LogP) is 1.73. The minimum absolute atomic E-state index is 0.0279. The number of benzene rings is 1. The molecular formula is C12H15N5O3. The zero-order valence-electron chi connectivity index (χ0n) is 11.2. The van der Waals surface area contributed by atoms with E-state index in [9.17, 15) is 10.1 Å². The lowest BCUT2D eigenvalue weighted by molar-refractivity contribution is -0.384. The minimum Gasteiger partial charge on any atom is -0.494 e. The fourth-order valence-electron chi connectivity index (χ4n) is 1.73. The third-order valence-electron chi connectivity index (χ3n) is 2.59. The van der Waals surface area contributed by atoms with Gasteiger partial charge < -0.3 is 10.1 Å². The van der Waals surface area contributed by atoms with Crippen molar-refractivity contribution in [2.75, 3.05) is 11.9 Å². The Morgan fingerprint density at radius 1 is 1.50 bits per heavy atom. The molecule has 0 bridgehead atoms. The molecule has 2 rings (SSSR count). The number of aryl methyl sites for hydroxylation is 1. The SMILES string of the molecule is CCOc1ccc(NCc2cn(C)nn2)c([N+](=O)[O-])c1. The molecule has 0 aliphatic rings. The number of nitrogens with zero attached hydrogens (tertiary/aromatic N) is 4. The Balaban J connectivity index is 2.15. The minimum atomic E-state index is -0.443. The molecule has 0 saturated carbocycles. The molecule has 0 atom stereocenters. The van der Waals surface area contributed by atoms with Crippen molar-refractivity contribution in [3.63, 3.8) is 0 Å². The molecule has 106 valence electrons. The summed E-state index contributed by atoms with van der Waals surface area (Å²) in [4.78, 5) is 10.6. The zero-order chi connectivity index (χ0) is 14.5. The van der Waals surface area contributed by atoms with Gasteiger partial charge in [-0.2, -0.15) is 0 Å². The van der Waals surface area contributed by atoms with Crippen molar-refractivity contribution in [2.24, 2.45) is 7.05 Å². The summed E-state index contributed by atoms with van der Waals surface area (Å²) in [6.45, 7) is 2.65. The second-order valence-electron chi connectivity index (χ2n) is 4.11. The lowest BCUT2D eigenvalue weighted by atomic mass is 10.2. The average molecular weight is 277 g/mol. The van der Waals surface area contributed by atoms with E-state index in [1.54, 1.807) is 30.1 Å². The standard InChI is InChI=1S/C12H15N5O3/c1-3-20-10-4-5-11(12(6-10)17(18)19)13-7-9-8-16(2)15-14-9/h4-6,8,13H,3,7H2,1-2H3. The Hall–Kier alpha value is -2.64. The molecule has 20 heavy (non-hydrogen) atoms. The molecule has 0 fully saturated rings. The van der Waals surface area contributed by atoms with E-state index >= 15 is 0 Å². The molecule has 8 nitrogen and oxygen atoms in total. The Labute approximate surface area is 115 Å². The van der Waals surface area contributed by atoms with E-state index in [2.05, 4.69) is 15.6 Å². The van der Waals surface area contributed by atoms with Gasteiger partial charge in [0.15, 0.2) is 0 Å². The van der Waals surface area contributed by atoms with Crippen molar-refractivity contribution in [1.82, 2.24) is 15.0 Å². The molecule has 0 spiro atoms. The summed E-state index contributed by atoms with van der Waals surface area (Å²) in [6, 6.07) is 4.72. The van der Waals surface area contributed by atoms with Crippen LogP contribution < -0.4 is 10.1 Å². The van der Waals surface area contributed by atoms with E-state index < -0.39 is 4.92 Å². The quantitative estimate of drug-likeness (QED) is 0.638. The van der Waals surface area contributed by atoms with Crippen molar-refractivity contribution < 1.29 is 9.66 Å². The molecule has 0 saturated heterocycles. The smallest absolute Gasteiger partial charge is 0.296 e. The molecular weight excluding hydrogens is 262 g/mol. The van der Waals surface area contributed by atoms with Gasteiger partial charge in [0.05, 0.1) is 24.1 Å². The topological polar surface area (TPSA) is 95.1 Å². The van der Waals surface area contributed by atoms with E-state index in [1.165, 1.54) is 6.07 Å². The van der Waals surface area contributed by atoms with E-state index in [0.717, 1.165) is 0 Å². The highest BCUT2D eigenvalue weighted by atomic mass is 16.6. The predicted molar refractivity (Wildman–Crippen MR) is 72.6 cm³/mol. The number of aromatic nitrogens is 3. The van der Waals surface area contributed by atoms with Crippen molar-refractivity contribution in [3.05, 3.63) is 40.2 Å². The maximum atomic E-state index is 11.1. The number of nitrogens with one attached hydrogen (secondary N) is 1. The van der Waals surface area contributed by atoms with E-state index in [4.69, 9.17) is 4.74 Å². The van der Waals surface area contributed by atoms with Crippen molar-refractivity contribution in [1.29, 1.82) is 0 Å². The zero-order valence-corrected chi connectivity index (χ0v) is 11.2. The first-order chi connectivity index (χ1) is 9.60. The molecule has 0 aliphatic carbocycles. The summed E-state index contributed by atoms with van der Waals surface area (Å²) in [5, 5.41) is 21.8. The van der Waals surface area contributed by atoms with Crippen LogP contribution in [0.1, 0.15) is 12.6 Å². The van der Waals surface area contributed by atoms with Crippen LogP contribution in [0.25, 0.3) is 0 Å². The molecule has 2 aromatic rings. The largest absolute Gasteiger partial charge is 0.494 e. The number of hydrogen-bond donors (Lipinski definition) is 1. The lowest BCUT2D eigenvalue weighted by Crippen LogP contribution is -2.03. The van der Waals surface area contributed by atoms with Crippen molar-refractivity contribution >= 4 is 11.4 Å². The summed E-state index contributed by atoms with van der Waals surface area (Å²) >= 11 is 0. The Morgan fingerprint density at radius 2 is 2.30 bits per heavy atom. The molecule has 0 amide bonds. The number of anilines is 1. The van der Waals surface area contributed by atoms with Gasteiger partial charge in [-0.1, -0.05) is 5.21 Å². The highest BCUT2D eigenvalue weighted by Crippen LogP contribution is 2.29. The molecule has 0 unspecified atom stereocenters. The van der Waals surface area contributed by atoms with Crippen LogP contribution in [0.2, 0.25) is 0 Å². The van der Waals surface area contributed by atoms with Crippen LogP contribution in [0.3, 0.4) is 0 Å². The van der Waals surface area contributed by atoms with Gasteiger partial charge in [-0.15, -0.1) is 5.10 Å². The number of hydrogen-bond acceptors (Lipinski definition) is 6. The van der Waals surface area contributed by atoms with Crippen LogP contribution >= 0.6 is 0 Å². The van der Waals surface area contributed by atoms with Crippen LogP contribution in [0.15, 0.2) is 24.4 Å². The van der Waals surface area contributed by atoms with Crippen LogP contribution in [0, 0.1) is 10.1 Å². The van der Waals surface area contributed by atoms with Gasteiger partial charge in [0.25, 0.3) is 5.69 Å². The second kappa shape index (κ2) is 6.00. The molecule has 1 heterocycles. The monoisotopic (exact) mass is 277 g/mol. The summed E-state index contributed by atoms with van der Waals surface area (Å²) in [5.41, 5.74) is 1.10. The van der Waals surface area contributed by atoms with Crippen molar-refractivity contribution in [3.8, 4) is 5.75 Å². The lowest BCUT2D eigenvalue weighted by Gasteiger charge is -2.07. The first-order valence-electron chi connectivity index (χ1n) is 6.10. The summed E-state index contributed by atoms with van der Waals surface area (Å²) in [6.07, 6.45) is 1.74.